The van der Waals surface area contributed by atoms with Crippen molar-refractivity contribution in [1.29, 1.82) is 0 Å². The number of halogens is 3. The van der Waals surface area contributed by atoms with Gasteiger partial charge in [-0.05, 0) is 39.0 Å². The number of nitrogens with one attached hydrogen (secondary N) is 1. The van der Waals surface area contributed by atoms with Crippen LogP contribution in [0.4, 0.5) is 24.7 Å². The van der Waals surface area contributed by atoms with Gasteiger partial charge in [-0.3, -0.25) is 0 Å². The van der Waals surface area contributed by atoms with Crippen molar-refractivity contribution in [3.8, 4) is 0 Å². The van der Waals surface area contributed by atoms with Crippen molar-refractivity contribution >= 4 is 17.5 Å². The molecule has 0 bridgehead atoms. The second-order valence-electron chi connectivity index (χ2n) is 5.07. The summed E-state index contributed by atoms with van der Waals surface area (Å²) in [6.07, 6.45) is -4.44. The molecule has 8 heteroatoms. The smallest absolute Gasteiger partial charge is 0.416 e. The van der Waals surface area contributed by atoms with Crippen LogP contribution >= 0.6 is 0 Å². The summed E-state index contributed by atoms with van der Waals surface area (Å²) in [4.78, 5) is 14.8. The number of alkyl halides is 3. The highest BCUT2D eigenvalue weighted by Crippen LogP contribution is 2.32. The van der Waals surface area contributed by atoms with Crippen molar-refractivity contribution in [1.82, 2.24) is 4.98 Å². The van der Waals surface area contributed by atoms with E-state index in [0.29, 0.717) is 22.6 Å². The zero-order valence-corrected chi connectivity index (χ0v) is 13.4. The van der Waals surface area contributed by atoms with Crippen LogP contribution in [0.25, 0.3) is 0 Å². The molecule has 0 radical (unpaired) electrons. The predicted molar refractivity (Wildman–Crippen MR) is 81.8 cm³/mol. The standard InChI is InChI=1S/C16H16F3N3O2/c1-4-24-15(23)13-9(2)14(20-10(13)3)22-21-12-7-5-6-11(8-12)16(17,18)19/h5-8,20H,4H2,1-3H3. The van der Waals surface area contributed by atoms with Gasteiger partial charge in [0.05, 0.1) is 23.4 Å². The molecular weight excluding hydrogens is 323 g/mol. The van der Waals surface area contributed by atoms with Crippen LogP contribution in [0.5, 0.6) is 0 Å². The third-order valence-corrected chi connectivity index (χ3v) is 3.33. The first-order valence-corrected chi connectivity index (χ1v) is 7.19. The monoisotopic (exact) mass is 339 g/mol. The molecule has 128 valence electrons. The average molecular weight is 339 g/mol. The van der Waals surface area contributed by atoms with E-state index in [2.05, 4.69) is 15.2 Å². The fraction of sp³-hybridized carbons (Fsp3) is 0.312. The number of ether oxygens (including phenoxy) is 1. The van der Waals surface area contributed by atoms with Crippen molar-refractivity contribution < 1.29 is 22.7 Å². The van der Waals surface area contributed by atoms with E-state index in [1.807, 2.05) is 0 Å². The van der Waals surface area contributed by atoms with Gasteiger partial charge in [0.2, 0.25) is 0 Å². The number of esters is 1. The molecule has 24 heavy (non-hydrogen) atoms. The van der Waals surface area contributed by atoms with Gasteiger partial charge in [-0.15, -0.1) is 10.2 Å². The summed E-state index contributed by atoms with van der Waals surface area (Å²) in [5, 5.41) is 7.73. The van der Waals surface area contributed by atoms with Crippen molar-refractivity contribution in [3.63, 3.8) is 0 Å². The number of hydrogen-bond acceptors (Lipinski definition) is 4. The lowest BCUT2D eigenvalue weighted by molar-refractivity contribution is -0.137. The summed E-state index contributed by atoms with van der Waals surface area (Å²) in [5.74, 6) is -0.183. The topological polar surface area (TPSA) is 66.8 Å². The molecule has 0 atom stereocenters. The van der Waals surface area contributed by atoms with Gasteiger partial charge in [-0.25, -0.2) is 4.79 Å². The summed E-state index contributed by atoms with van der Waals surface area (Å²) < 4.78 is 43.0. The van der Waals surface area contributed by atoms with Gasteiger partial charge < -0.3 is 9.72 Å². The molecule has 1 aromatic heterocycles. The first-order valence-electron chi connectivity index (χ1n) is 7.19. The Balaban J connectivity index is 2.30. The summed E-state index contributed by atoms with van der Waals surface area (Å²) in [6.45, 7) is 5.28. The Labute approximate surface area is 136 Å². The van der Waals surface area contributed by atoms with Crippen molar-refractivity contribution in [3.05, 3.63) is 46.6 Å². The second-order valence-corrected chi connectivity index (χ2v) is 5.07. The molecule has 0 amide bonds. The third-order valence-electron chi connectivity index (χ3n) is 3.33. The Morgan fingerprint density at radius 1 is 1.25 bits per heavy atom. The number of aromatic nitrogens is 1. The van der Waals surface area contributed by atoms with Crippen LogP contribution in [0.3, 0.4) is 0 Å². The number of nitrogens with zero attached hydrogens (tertiary/aromatic N) is 2. The quantitative estimate of drug-likeness (QED) is 0.611. The van der Waals surface area contributed by atoms with Crippen LogP contribution in [-0.2, 0) is 10.9 Å². The minimum Gasteiger partial charge on any atom is -0.462 e. The van der Waals surface area contributed by atoms with Crippen LogP contribution in [0.2, 0.25) is 0 Å². The number of hydrogen-bond donors (Lipinski definition) is 1. The molecule has 0 unspecified atom stereocenters. The first-order chi connectivity index (χ1) is 11.2. The fourth-order valence-electron chi connectivity index (χ4n) is 2.20. The molecule has 0 aliphatic heterocycles. The van der Waals surface area contributed by atoms with Crippen molar-refractivity contribution in [2.24, 2.45) is 10.2 Å². The lowest BCUT2D eigenvalue weighted by Crippen LogP contribution is -2.06. The highest BCUT2D eigenvalue weighted by atomic mass is 19.4. The largest absolute Gasteiger partial charge is 0.462 e. The second kappa shape index (κ2) is 6.86. The number of H-pyrrole nitrogens is 1. The molecule has 0 saturated heterocycles. The van der Waals surface area contributed by atoms with E-state index in [4.69, 9.17) is 4.74 Å². The number of carbonyl (C=O) groups is 1. The predicted octanol–water partition coefficient (Wildman–Crippen LogP) is 5.24. The maximum Gasteiger partial charge on any atom is 0.416 e. The van der Waals surface area contributed by atoms with E-state index >= 15 is 0 Å². The van der Waals surface area contributed by atoms with Crippen molar-refractivity contribution in [2.45, 2.75) is 26.9 Å². The molecule has 1 aromatic carbocycles. The minimum absolute atomic E-state index is 0.0640. The van der Waals surface area contributed by atoms with Crippen LogP contribution in [0.15, 0.2) is 34.5 Å². The first kappa shape index (κ1) is 17.7. The molecule has 0 saturated carbocycles. The van der Waals surface area contributed by atoms with E-state index in [9.17, 15) is 18.0 Å². The highest BCUT2D eigenvalue weighted by Gasteiger charge is 2.30. The Bertz CT molecular complexity index is 779. The van der Waals surface area contributed by atoms with Gasteiger partial charge in [-0.1, -0.05) is 6.07 Å². The number of carbonyl (C=O) groups excluding carboxylic acids is 1. The molecule has 0 fully saturated rings. The summed E-state index contributed by atoms with van der Waals surface area (Å²) in [5.41, 5.74) is 0.708. The SMILES string of the molecule is CCOC(=O)c1c(C)[nH]c(N=Nc2cccc(C(F)(F)F)c2)c1C. The normalized spacial score (nSPS) is 11.9. The number of aryl methyl sites for hydroxylation is 1. The summed E-state index contributed by atoms with van der Waals surface area (Å²) in [6, 6.07) is 4.53. The van der Waals surface area contributed by atoms with Gasteiger partial charge in [0.1, 0.15) is 0 Å². The van der Waals surface area contributed by atoms with Gasteiger partial charge in [-0.2, -0.15) is 13.2 Å². The maximum atomic E-state index is 12.7. The van der Waals surface area contributed by atoms with Crippen LogP contribution in [0, 0.1) is 13.8 Å². The molecular formula is C16H16F3N3O2. The molecule has 0 aliphatic rings. The summed E-state index contributed by atoms with van der Waals surface area (Å²) in [7, 11) is 0. The number of aromatic amines is 1. The van der Waals surface area contributed by atoms with Gasteiger partial charge in [0.25, 0.3) is 0 Å². The Kier molecular flexibility index (Phi) is 5.06. The number of benzene rings is 1. The van der Waals surface area contributed by atoms with E-state index in [-0.39, 0.29) is 12.3 Å². The van der Waals surface area contributed by atoms with E-state index in [1.165, 1.54) is 12.1 Å². The third kappa shape index (κ3) is 3.81. The molecule has 2 aromatic rings. The average Bonchev–Trinajstić information content (AvgIpc) is 2.79. The van der Waals surface area contributed by atoms with E-state index < -0.39 is 17.7 Å². The number of azo groups is 1. The van der Waals surface area contributed by atoms with Gasteiger partial charge in [0, 0.05) is 11.3 Å². The molecule has 1 N–H and O–H groups in total. The Morgan fingerprint density at radius 3 is 2.58 bits per heavy atom. The molecule has 5 nitrogen and oxygen atoms in total. The van der Waals surface area contributed by atoms with E-state index in [1.54, 1.807) is 20.8 Å². The maximum absolute atomic E-state index is 12.7. The zero-order valence-electron chi connectivity index (χ0n) is 13.4. The molecule has 0 aliphatic carbocycles. The van der Waals surface area contributed by atoms with E-state index in [0.717, 1.165) is 12.1 Å². The zero-order chi connectivity index (χ0) is 17.9. The Morgan fingerprint density at radius 2 is 1.96 bits per heavy atom. The van der Waals surface area contributed by atoms with Crippen LogP contribution < -0.4 is 0 Å². The molecule has 1 heterocycles. The number of rotatable bonds is 4. The minimum atomic E-state index is -4.44. The van der Waals surface area contributed by atoms with Gasteiger partial charge >= 0.3 is 12.1 Å². The Hall–Kier alpha value is -2.64. The van der Waals surface area contributed by atoms with Crippen LogP contribution in [-0.4, -0.2) is 17.6 Å². The fourth-order valence-corrected chi connectivity index (χ4v) is 2.20. The van der Waals surface area contributed by atoms with Crippen LogP contribution in [0.1, 0.15) is 34.1 Å². The lowest BCUT2D eigenvalue weighted by atomic mass is 10.1. The lowest BCUT2D eigenvalue weighted by Gasteiger charge is -2.05. The van der Waals surface area contributed by atoms with Crippen molar-refractivity contribution in [2.75, 3.05) is 6.61 Å². The molecule has 2 rings (SSSR count). The molecule has 0 spiro atoms. The van der Waals surface area contributed by atoms with Gasteiger partial charge in [0.15, 0.2) is 5.82 Å². The highest BCUT2D eigenvalue weighted by molar-refractivity contribution is 5.94. The summed E-state index contributed by atoms with van der Waals surface area (Å²) >= 11 is 0.